The monoisotopic (exact) mass is 231 g/mol. The first-order valence-electron chi connectivity index (χ1n) is 5.84. The van der Waals surface area contributed by atoms with Crippen LogP contribution in [0.25, 0.3) is 0 Å². The molecular weight excluding hydrogens is 210 g/mol. The molecule has 1 nitrogen and oxygen atoms in total. The largest absolute Gasteiger partial charge is 0.313 e. The van der Waals surface area contributed by atoms with E-state index in [0.29, 0.717) is 0 Å². The summed E-state index contributed by atoms with van der Waals surface area (Å²) in [7, 11) is 0. The van der Waals surface area contributed by atoms with Gasteiger partial charge in [0.1, 0.15) is 0 Å². The molecule has 14 heavy (non-hydrogen) atoms. The van der Waals surface area contributed by atoms with Gasteiger partial charge < -0.3 is 5.32 Å². The van der Waals surface area contributed by atoms with Crippen molar-refractivity contribution in [3.05, 3.63) is 0 Å². The van der Waals surface area contributed by atoms with Crippen molar-refractivity contribution in [2.45, 2.75) is 37.5 Å². The molecule has 2 fully saturated rings. The molecule has 0 bridgehead atoms. The smallest absolute Gasteiger partial charge is 0.0294 e. The first kappa shape index (κ1) is 11.2. The fraction of sp³-hybridized carbons (Fsp3) is 1.00. The number of rotatable bonds is 5. The van der Waals surface area contributed by atoms with Crippen molar-refractivity contribution in [2.24, 2.45) is 5.92 Å². The number of thioether (sulfide) groups is 2. The Balaban J connectivity index is 1.81. The van der Waals surface area contributed by atoms with Crippen molar-refractivity contribution in [2.75, 3.05) is 23.8 Å². The van der Waals surface area contributed by atoms with Crippen LogP contribution in [0, 0.1) is 5.92 Å². The van der Waals surface area contributed by atoms with Crippen molar-refractivity contribution >= 4 is 23.5 Å². The van der Waals surface area contributed by atoms with Crippen LogP contribution in [0.15, 0.2) is 0 Å². The summed E-state index contributed by atoms with van der Waals surface area (Å²) in [5.74, 6) is 5.12. The molecule has 2 atom stereocenters. The summed E-state index contributed by atoms with van der Waals surface area (Å²) in [4.78, 5) is 0. The highest BCUT2D eigenvalue weighted by Crippen LogP contribution is 2.39. The van der Waals surface area contributed by atoms with Gasteiger partial charge in [-0.25, -0.2) is 0 Å². The minimum absolute atomic E-state index is 0.827. The van der Waals surface area contributed by atoms with Crippen LogP contribution in [-0.4, -0.2) is 35.1 Å². The highest BCUT2D eigenvalue weighted by atomic mass is 32.2. The number of hydrogen-bond acceptors (Lipinski definition) is 3. The molecule has 0 aromatic heterocycles. The van der Waals surface area contributed by atoms with Crippen LogP contribution in [0.5, 0.6) is 0 Å². The molecule has 1 aliphatic heterocycles. The zero-order chi connectivity index (χ0) is 9.80. The zero-order valence-electron chi connectivity index (χ0n) is 9.00. The number of hydrogen-bond donors (Lipinski definition) is 1. The Labute approximate surface area is 96.2 Å². The third-order valence-electron chi connectivity index (χ3n) is 3.00. The Kier molecular flexibility index (Phi) is 4.51. The predicted molar refractivity (Wildman–Crippen MR) is 68.4 cm³/mol. The Hall–Kier alpha value is 0.660. The number of nitrogens with one attached hydrogen (secondary N) is 1. The van der Waals surface area contributed by atoms with E-state index in [4.69, 9.17) is 0 Å². The molecule has 2 rings (SSSR count). The van der Waals surface area contributed by atoms with Gasteiger partial charge in [-0.3, -0.25) is 0 Å². The molecule has 1 N–H and O–H groups in total. The molecule has 0 radical (unpaired) electrons. The van der Waals surface area contributed by atoms with Gasteiger partial charge in [-0.05, 0) is 31.7 Å². The van der Waals surface area contributed by atoms with E-state index in [1.165, 1.54) is 43.1 Å². The van der Waals surface area contributed by atoms with Gasteiger partial charge in [-0.15, -0.1) is 0 Å². The van der Waals surface area contributed by atoms with E-state index in [9.17, 15) is 0 Å². The average Bonchev–Trinajstić information content (AvgIpc) is 3.04. The zero-order valence-corrected chi connectivity index (χ0v) is 10.6. The Bertz CT molecular complexity index is 165. The topological polar surface area (TPSA) is 12.0 Å². The molecule has 0 aromatic rings. The van der Waals surface area contributed by atoms with Crippen LogP contribution in [0.3, 0.4) is 0 Å². The summed E-state index contributed by atoms with van der Waals surface area (Å²) in [5.41, 5.74) is 0. The highest BCUT2D eigenvalue weighted by Gasteiger charge is 2.36. The minimum Gasteiger partial charge on any atom is -0.313 e. The van der Waals surface area contributed by atoms with Crippen LogP contribution in [-0.2, 0) is 0 Å². The van der Waals surface area contributed by atoms with Crippen molar-refractivity contribution in [1.29, 1.82) is 0 Å². The van der Waals surface area contributed by atoms with Gasteiger partial charge >= 0.3 is 0 Å². The predicted octanol–water partition coefficient (Wildman–Crippen LogP) is 2.61. The van der Waals surface area contributed by atoms with Gasteiger partial charge in [0.15, 0.2) is 0 Å². The van der Waals surface area contributed by atoms with E-state index in [1.54, 1.807) is 0 Å². The maximum absolute atomic E-state index is 3.77. The average molecular weight is 231 g/mol. The van der Waals surface area contributed by atoms with Crippen molar-refractivity contribution in [3.63, 3.8) is 0 Å². The van der Waals surface area contributed by atoms with Gasteiger partial charge in [0.25, 0.3) is 0 Å². The van der Waals surface area contributed by atoms with Gasteiger partial charge in [0, 0.05) is 28.6 Å². The summed E-state index contributed by atoms with van der Waals surface area (Å²) in [6.07, 6.45) is 4.22. The molecule has 2 aliphatic rings. The molecule has 2 unspecified atom stereocenters. The lowest BCUT2D eigenvalue weighted by atomic mass is 10.1. The molecule has 0 aromatic carbocycles. The molecule has 3 heteroatoms. The maximum Gasteiger partial charge on any atom is 0.0294 e. The lowest BCUT2D eigenvalue weighted by Gasteiger charge is -2.30. The second-order valence-corrected chi connectivity index (χ2v) is 6.80. The summed E-state index contributed by atoms with van der Waals surface area (Å²) in [5, 5.41) is 4.66. The molecule has 1 aliphatic carbocycles. The highest BCUT2D eigenvalue weighted by molar-refractivity contribution is 8.06. The molecule has 1 saturated heterocycles. The third kappa shape index (κ3) is 3.07. The van der Waals surface area contributed by atoms with Gasteiger partial charge in [-0.2, -0.15) is 23.5 Å². The maximum atomic E-state index is 3.77. The van der Waals surface area contributed by atoms with Crippen molar-refractivity contribution in [1.82, 2.24) is 5.32 Å². The van der Waals surface area contributed by atoms with Crippen LogP contribution < -0.4 is 5.32 Å². The SMILES string of the molecule is CCCNC(C1CC1)C1CSCCS1. The van der Waals surface area contributed by atoms with Crippen LogP contribution >= 0.6 is 23.5 Å². The third-order valence-corrected chi connectivity index (χ3v) is 5.89. The molecular formula is C11H21NS2. The van der Waals surface area contributed by atoms with E-state index in [0.717, 1.165) is 17.2 Å². The normalized spacial score (nSPS) is 30.2. The fourth-order valence-electron chi connectivity index (χ4n) is 2.08. The molecule has 1 heterocycles. The minimum atomic E-state index is 0.827. The summed E-state index contributed by atoms with van der Waals surface area (Å²) >= 11 is 4.36. The van der Waals surface area contributed by atoms with Gasteiger partial charge in [0.2, 0.25) is 0 Å². The summed E-state index contributed by atoms with van der Waals surface area (Å²) < 4.78 is 0. The summed E-state index contributed by atoms with van der Waals surface area (Å²) in [6.45, 7) is 3.47. The van der Waals surface area contributed by atoms with Crippen molar-refractivity contribution < 1.29 is 0 Å². The van der Waals surface area contributed by atoms with Gasteiger partial charge in [0.05, 0.1) is 0 Å². The van der Waals surface area contributed by atoms with E-state index < -0.39 is 0 Å². The molecule has 82 valence electrons. The van der Waals surface area contributed by atoms with E-state index in [1.807, 2.05) is 0 Å². The molecule has 0 amide bonds. The molecule has 1 saturated carbocycles. The van der Waals surface area contributed by atoms with Crippen LogP contribution in [0.4, 0.5) is 0 Å². The first-order chi connectivity index (χ1) is 6.92. The van der Waals surface area contributed by atoms with Crippen LogP contribution in [0.1, 0.15) is 26.2 Å². The van der Waals surface area contributed by atoms with E-state index >= 15 is 0 Å². The van der Waals surface area contributed by atoms with E-state index in [2.05, 4.69) is 35.8 Å². The second kappa shape index (κ2) is 5.66. The first-order valence-corrected chi connectivity index (χ1v) is 8.05. The standard InChI is InChI=1S/C11H21NS2/c1-2-5-12-11(9-3-4-9)10-8-13-6-7-14-10/h9-12H,2-8H2,1H3. The Morgan fingerprint density at radius 2 is 2.21 bits per heavy atom. The van der Waals surface area contributed by atoms with Crippen molar-refractivity contribution in [3.8, 4) is 0 Å². The van der Waals surface area contributed by atoms with E-state index in [-0.39, 0.29) is 0 Å². The Morgan fingerprint density at radius 1 is 1.36 bits per heavy atom. The molecule has 0 spiro atoms. The Morgan fingerprint density at radius 3 is 2.79 bits per heavy atom. The second-order valence-electron chi connectivity index (χ2n) is 4.30. The lowest BCUT2D eigenvalue weighted by Crippen LogP contribution is -2.43. The van der Waals surface area contributed by atoms with Crippen LogP contribution in [0.2, 0.25) is 0 Å². The van der Waals surface area contributed by atoms with Gasteiger partial charge in [-0.1, -0.05) is 6.92 Å². The fourth-order valence-corrected chi connectivity index (χ4v) is 5.05. The lowest BCUT2D eigenvalue weighted by molar-refractivity contribution is 0.461. The summed E-state index contributed by atoms with van der Waals surface area (Å²) in [6, 6.07) is 0.827. The quantitative estimate of drug-likeness (QED) is 0.781.